The maximum atomic E-state index is 10.8. The van der Waals surface area contributed by atoms with Gasteiger partial charge >= 0.3 is 5.97 Å². The van der Waals surface area contributed by atoms with Crippen LogP contribution < -0.4 is 4.74 Å². The van der Waals surface area contributed by atoms with Crippen LogP contribution in [0.1, 0.15) is 35.7 Å². The fraction of sp³-hybridized carbons (Fsp3) is 0.200. The lowest BCUT2D eigenvalue weighted by atomic mass is 10.0. The van der Waals surface area contributed by atoms with E-state index in [4.69, 9.17) is 21.4 Å². The van der Waals surface area contributed by atoms with Gasteiger partial charge in [-0.1, -0.05) is 37.6 Å². The molecule has 0 amide bonds. The first-order valence-electron chi connectivity index (χ1n) is 6.14. The third-order valence-corrected chi connectivity index (χ3v) is 3.09. The van der Waals surface area contributed by atoms with Crippen molar-refractivity contribution in [1.82, 2.24) is 4.98 Å². The number of aromatic carboxylic acids is 1. The number of carbonyl (C=O) groups is 1. The van der Waals surface area contributed by atoms with Crippen molar-refractivity contribution in [2.75, 3.05) is 0 Å². The fourth-order valence-corrected chi connectivity index (χ4v) is 1.85. The lowest BCUT2D eigenvalue weighted by Gasteiger charge is -2.09. The van der Waals surface area contributed by atoms with Gasteiger partial charge in [-0.2, -0.15) is 0 Å². The molecule has 0 unspecified atom stereocenters. The molecule has 1 N–H and O–H groups in total. The lowest BCUT2D eigenvalue weighted by molar-refractivity contribution is 0.0696. The molecular weight excluding hydrogens is 278 g/mol. The fourth-order valence-electron chi connectivity index (χ4n) is 1.65. The molecule has 20 heavy (non-hydrogen) atoms. The second kappa shape index (κ2) is 5.92. The van der Waals surface area contributed by atoms with Gasteiger partial charge < -0.3 is 9.84 Å². The van der Waals surface area contributed by atoms with Crippen molar-refractivity contribution in [3.63, 3.8) is 0 Å². The number of carboxylic acids is 1. The second-order valence-corrected chi connectivity index (χ2v) is 5.05. The van der Waals surface area contributed by atoms with Gasteiger partial charge in [0, 0.05) is 6.20 Å². The van der Waals surface area contributed by atoms with Gasteiger partial charge in [0.1, 0.15) is 10.8 Å². The Morgan fingerprint density at radius 2 is 1.95 bits per heavy atom. The first-order valence-corrected chi connectivity index (χ1v) is 6.52. The largest absolute Gasteiger partial charge is 0.478 e. The van der Waals surface area contributed by atoms with Crippen molar-refractivity contribution in [2.45, 2.75) is 19.8 Å². The number of carboxylic acid groups (broad SMARTS) is 1. The summed E-state index contributed by atoms with van der Waals surface area (Å²) in [5.74, 6) is 0.161. The Hall–Kier alpha value is -2.07. The molecule has 2 aromatic rings. The number of ether oxygens (including phenoxy) is 1. The van der Waals surface area contributed by atoms with Crippen molar-refractivity contribution in [1.29, 1.82) is 0 Å². The van der Waals surface area contributed by atoms with Crippen LogP contribution in [-0.2, 0) is 0 Å². The first-order chi connectivity index (χ1) is 9.47. The van der Waals surface area contributed by atoms with E-state index in [0.29, 0.717) is 11.7 Å². The molecule has 0 atom stereocenters. The minimum absolute atomic E-state index is 0.0255. The number of hydrogen-bond donors (Lipinski definition) is 1. The van der Waals surface area contributed by atoms with Crippen molar-refractivity contribution in [3.8, 4) is 11.6 Å². The molecule has 5 heteroatoms. The Kier molecular flexibility index (Phi) is 4.25. The van der Waals surface area contributed by atoms with E-state index in [1.54, 1.807) is 0 Å². The van der Waals surface area contributed by atoms with Gasteiger partial charge in [-0.25, -0.2) is 9.78 Å². The molecule has 0 aliphatic heterocycles. The van der Waals surface area contributed by atoms with Crippen LogP contribution in [0.2, 0.25) is 5.02 Å². The number of pyridine rings is 1. The zero-order valence-electron chi connectivity index (χ0n) is 11.1. The zero-order valence-corrected chi connectivity index (χ0v) is 11.9. The molecule has 1 heterocycles. The van der Waals surface area contributed by atoms with Crippen LogP contribution in [0, 0.1) is 0 Å². The Morgan fingerprint density at radius 1 is 1.30 bits per heavy atom. The molecule has 104 valence electrons. The summed E-state index contributed by atoms with van der Waals surface area (Å²) in [7, 11) is 0. The molecule has 0 spiro atoms. The molecule has 0 fully saturated rings. The Balaban J connectivity index is 2.19. The Labute approximate surface area is 122 Å². The lowest BCUT2D eigenvalue weighted by Crippen LogP contribution is -1.98. The van der Waals surface area contributed by atoms with E-state index in [-0.39, 0.29) is 16.5 Å². The molecule has 0 saturated heterocycles. The third-order valence-electron chi connectivity index (χ3n) is 2.82. The average molecular weight is 292 g/mol. The van der Waals surface area contributed by atoms with Gasteiger partial charge in [0.2, 0.25) is 5.88 Å². The molecule has 0 saturated carbocycles. The molecule has 0 aliphatic rings. The number of benzene rings is 1. The van der Waals surface area contributed by atoms with Gasteiger partial charge in [-0.3, -0.25) is 0 Å². The van der Waals surface area contributed by atoms with E-state index in [1.165, 1.54) is 17.8 Å². The Morgan fingerprint density at radius 3 is 2.45 bits per heavy atom. The van der Waals surface area contributed by atoms with Crippen LogP contribution in [0.15, 0.2) is 36.5 Å². The number of aromatic nitrogens is 1. The quantitative estimate of drug-likeness (QED) is 0.910. The van der Waals surface area contributed by atoms with Crippen molar-refractivity contribution in [3.05, 3.63) is 52.7 Å². The first kappa shape index (κ1) is 14.3. The molecule has 0 bridgehead atoms. The highest BCUT2D eigenvalue weighted by atomic mass is 35.5. The second-order valence-electron chi connectivity index (χ2n) is 4.64. The van der Waals surface area contributed by atoms with Gasteiger partial charge in [0.05, 0.1) is 5.56 Å². The third kappa shape index (κ3) is 3.27. The predicted molar refractivity (Wildman–Crippen MR) is 76.8 cm³/mol. The van der Waals surface area contributed by atoms with Crippen LogP contribution in [0.3, 0.4) is 0 Å². The smallest absolute Gasteiger partial charge is 0.337 e. The van der Waals surface area contributed by atoms with Gasteiger partial charge in [0.15, 0.2) is 0 Å². The van der Waals surface area contributed by atoms with Crippen LogP contribution in [-0.4, -0.2) is 16.1 Å². The highest BCUT2D eigenvalue weighted by Crippen LogP contribution is 2.28. The summed E-state index contributed by atoms with van der Waals surface area (Å²) < 4.78 is 5.54. The summed E-state index contributed by atoms with van der Waals surface area (Å²) >= 11 is 5.95. The summed E-state index contributed by atoms with van der Waals surface area (Å²) in [5.41, 5.74) is 1.23. The minimum atomic E-state index is -1.08. The summed E-state index contributed by atoms with van der Waals surface area (Å²) in [4.78, 5) is 14.7. The van der Waals surface area contributed by atoms with Gasteiger partial charge in [0.25, 0.3) is 0 Å². The molecule has 1 aromatic heterocycles. The topological polar surface area (TPSA) is 59.4 Å². The SMILES string of the molecule is CC(C)c1ccc(Oc2ncc(C(=O)O)cc2Cl)cc1. The number of nitrogens with zero attached hydrogens (tertiary/aromatic N) is 1. The van der Waals surface area contributed by atoms with Crippen molar-refractivity contribution < 1.29 is 14.6 Å². The highest BCUT2D eigenvalue weighted by Gasteiger charge is 2.10. The van der Waals surface area contributed by atoms with Crippen LogP contribution in [0.25, 0.3) is 0 Å². The molecule has 1 aromatic carbocycles. The van der Waals surface area contributed by atoms with Crippen LogP contribution in [0.5, 0.6) is 11.6 Å². The summed E-state index contributed by atoms with van der Waals surface area (Å²) in [6, 6.07) is 8.92. The Bertz CT molecular complexity index is 624. The monoisotopic (exact) mass is 291 g/mol. The average Bonchev–Trinajstić information content (AvgIpc) is 2.41. The predicted octanol–water partition coefficient (Wildman–Crippen LogP) is 4.35. The van der Waals surface area contributed by atoms with Gasteiger partial charge in [-0.05, 0) is 29.7 Å². The molecular formula is C15H14ClNO3. The minimum Gasteiger partial charge on any atom is -0.478 e. The van der Waals surface area contributed by atoms with E-state index < -0.39 is 5.97 Å². The summed E-state index contributed by atoms with van der Waals surface area (Å²) in [6.45, 7) is 4.22. The molecule has 2 rings (SSSR count). The van der Waals surface area contributed by atoms with Crippen LogP contribution >= 0.6 is 11.6 Å². The van der Waals surface area contributed by atoms with E-state index in [1.807, 2.05) is 24.3 Å². The molecule has 0 radical (unpaired) electrons. The van der Waals surface area contributed by atoms with E-state index in [9.17, 15) is 4.79 Å². The van der Waals surface area contributed by atoms with Crippen LogP contribution in [0.4, 0.5) is 0 Å². The summed E-state index contributed by atoms with van der Waals surface area (Å²) in [6.07, 6.45) is 1.21. The number of hydrogen-bond acceptors (Lipinski definition) is 3. The number of rotatable bonds is 4. The van der Waals surface area contributed by atoms with E-state index in [2.05, 4.69) is 18.8 Å². The van der Waals surface area contributed by atoms with E-state index in [0.717, 1.165) is 0 Å². The standard InChI is InChI=1S/C15H14ClNO3/c1-9(2)10-3-5-12(6-4-10)20-14-13(16)7-11(8-17-14)15(18)19/h3-9H,1-2H3,(H,18,19). The van der Waals surface area contributed by atoms with Gasteiger partial charge in [-0.15, -0.1) is 0 Å². The molecule has 4 nitrogen and oxygen atoms in total. The number of halogens is 1. The van der Waals surface area contributed by atoms with Crippen molar-refractivity contribution in [2.24, 2.45) is 0 Å². The van der Waals surface area contributed by atoms with Crippen molar-refractivity contribution >= 4 is 17.6 Å². The highest BCUT2D eigenvalue weighted by molar-refractivity contribution is 6.32. The molecule has 0 aliphatic carbocycles. The maximum absolute atomic E-state index is 10.8. The summed E-state index contributed by atoms with van der Waals surface area (Å²) in [5, 5.41) is 9.00. The zero-order chi connectivity index (χ0) is 14.7. The van der Waals surface area contributed by atoms with E-state index >= 15 is 0 Å². The maximum Gasteiger partial charge on any atom is 0.337 e. The normalized spacial score (nSPS) is 10.6.